The van der Waals surface area contributed by atoms with Gasteiger partial charge in [0.1, 0.15) is 12.1 Å². The van der Waals surface area contributed by atoms with Crippen LogP contribution in [0, 0.1) is 5.92 Å². The van der Waals surface area contributed by atoms with Gasteiger partial charge in [0.25, 0.3) is 0 Å². The zero-order valence-corrected chi connectivity index (χ0v) is 17.5. The molecule has 3 atom stereocenters. The molecule has 1 fully saturated rings. The third-order valence-corrected chi connectivity index (χ3v) is 5.48. The summed E-state index contributed by atoms with van der Waals surface area (Å²) in [7, 11) is 0. The first kappa shape index (κ1) is 21.8. The summed E-state index contributed by atoms with van der Waals surface area (Å²) in [6.07, 6.45) is 4.27. The van der Waals surface area contributed by atoms with Crippen LogP contribution in [-0.4, -0.2) is 47.4 Å². The number of hydrogen-bond acceptors (Lipinski definition) is 4. The van der Waals surface area contributed by atoms with Crippen LogP contribution in [-0.2, 0) is 20.8 Å². The molecule has 3 rings (SSSR count). The van der Waals surface area contributed by atoms with Crippen molar-refractivity contribution in [2.75, 3.05) is 6.54 Å². The number of nitrogens with two attached hydrogens (primary N) is 1. The van der Waals surface area contributed by atoms with Crippen molar-refractivity contribution in [1.29, 1.82) is 0 Å². The zero-order chi connectivity index (χ0) is 21.7. The normalized spacial score (nSPS) is 18.3. The summed E-state index contributed by atoms with van der Waals surface area (Å²) in [5.74, 6) is -0.998. The zero-order valence-electron chi connectivity index (χ0n) is 17.5. The molecule has 0 unspecified atom stereocenters. The third-order valence-electron chi connectivity index (χ3n) is 5.48. The van der Waals surface area contributed by atoms with Crippen molar-refractivity contribution in [3.05, 3.63) is 36.0 Å². The summed E-state index contributed by atoms with van der Waals surface area (Å²) in [5.41, 5.74) is 7.37. The largest absolute Gasteiger partial charge is 0.368 e. The summed E-state index contributed by atoms with van der Waals surface area (Å²) in [6.45, 7) is 4.70. The van der Waals surface area contributed by atoms with E-state index in [0.717, 1.165) is 35.9 Å². The summed E-state index contributed by atoms with van der Waals surface area (Å²) >= 11 is 0. The number of primary amides is 1. The fraction of sp³-hybridized carbons (Fsp3) is 0.500. The van der Waals surface area contributed by atoms with E-state index in [4.69, 9.17) is 5.73 Å². The van der Waals surface area contributed by atoms with E-state index >= 15 is 0 Å². The number of hydrogen-bond donors (Lipinski definition) is 5. The highest BCUT2D eigenvalue weighted by molar-refractivity contribution is 5.93. The predicted molar refractivity (Wildman–Crippen MR) is 116 cm³/mol. The minimum absolute atomic E-state index is 0.187. The Balaban J connectivity index is 1.79. The van der Waals surface area contributed by atoms with Crippen LogP contribution < -0.4 is 21.7 Å². The summed E-state index contributed by atoms with van der Waals surface area (Å²) in [4.78, 5) is 40.8. The van der Waals surface area contributed by atoms with E-state index in [9.17, 15) is 14.4 Å². The smallest absolute Gasteiger partial charge is 0.243 e. The maximum absolute atomic E-state index is 13.1. The average molecular weight is 414 g/mol. The number of aromatic nitrogens is 1. The molecule has 8 nitrogen and oxygen atoms in total. The number of carbonyl (C=O) groups excluding carboxylic acids is 3. The number of rotatable bonds is 9. The van der Waals surface area contributed by atoms with Crippen molar-refractivity contribution in [3.8, 4) is 0 Å². The fourth-order valence-corrected chi connectivity index (χ4v) is 3.90. The van der Waals surface area contributed by atoms with Crippen molar-refractivity contribution < 1.29 is 14.4 Å². The molecule has 6 N–H and O–H groups in total. The SMILES string of the molecule is CC(C)C[C@H](NC(=O)[C@H](Cc1c[nH]c2ccccc12)NC(=O)[C@@H]1CCCN1)C(N)=O. The van der Waals surface area contributed by atoms with E-state index in [0.29, 0.717) is 12.8 Å². The van der Waals surface area contributed by atoms with E-state index < -0.39 is 23.9 Å². The number of aromatic amines is 1. The lowest BCUT2D eigenvalue weighted by Gasteiger charge is -2.24. The van der Waals surface area contributed by atoms with Crippen LogP contribution >= 0.6 is 0 Å². The van der Waals surface area contributed by atoms with Gasteiger partial charge >= 0.3 is 0 Å². The topological polar surface area (TPSA) is 129 Å². The van der Waals surface area contributed by atoms with Gasteiger partial charge in [-0.05, 0) is 43.4 Å². The Kier molecular flexibility index (Phi) is 7.10. The van der Waals surface area contributed by atoms with E-state index in [-0.39, 0.29) is 17.9 Å². The molecule has 1 aliphatic heterocycles. The standard InChI is InChI=1S/C22H31N5O3/c1-13(2)10-18(20(23)28)26-22(30)19(27-21(29)17-8-5-9-24-17)11-14-12-25-16-7-4-3-6-15(14)16/h3-4,6-7,12-13,17-19,24-25H,5,8-11H2,1-2H3,(H2,23,28)(H,26,30)(H,27,29)/t17-,18-,19-/m0/s1. The van der Waals surface area contributed by atoms with Crippen LogP contribution in [0.4, 0.5) is 0 Å². The first-order chi connectivity index (χ1) is 14.3. The molecule has 0 aliphatic carbocycles. The Morgan fingerprint density at radius 1 is 1.17 bits per heavy atom. The van der Waals surface area contributed by atoms with Gasteiger partial charge < -0.3 is 26.7 Å². The van der Waals surface area contributed by atoms with Gasteiger partial charge in [-0.2, -0.15) is 0 Å². The first-order valence-corrected chi connectivity index (χ1v) is 10.5. The Morgan fingerprint density at radius 3 is 2.60 bits per heavy atom. The van der Waals surface area contributed by atoms with E-state index in [2.05, 4.69) is 20.9 Å². The van der Waals surface area contributed by atoms with Crippen LogP contribution in [0.3, 0.4) is 0 Å². The molecule has 0 saturated carbocycles. The molecule has 1 aliphatic rings. The Hall–Kier alpha value is -2.87. The van der Waals surface area contributed by atoms with E-state index in [1.807, 2.05) is 44.3 Å². The highest BCUT2D eigenvalue weighted by atomic mass is 16.2. The number of para-hydroxylation sites is 1. The molecule has 30 heavy (non-hydrogen) atoms. The van der Waals surface area contributed by atoms with Gasteiger partial charge in [0.15, 0.2) is 0 Å². The lowest BCUT2D eigenvalue weighted by molar-refractivity contribution is -0.132. The van der Waals surface area contributed by atoms with Crippen molar-refractivity contribution in [2.45, 2.75) is 57.7 Å². The van der Waals surface area contributed by atoms with Gasteiger partial charge in [0.2, 0.25) is 17.7 Å². The lowest BCUT2D eigenvalue weighted by Crippen LogP contribution is -2.56. The van der Waals surface area contributed by atoms with Gasteiger partial charge in [0, 0.05) is 23.5 Å². The molecular formula is C22H31N5O3. The molecule has 0 bridgehead atoms. The molecule has 3 amide bonds. The van der Waals surface area contributed by atoms with Crippen LogP contribution in [0.2, 0.25) is 0 Å². The van der Waals surface area contributed by atoms with Crippen molar-refractivity contribution in [2.24, 2.45) is 11.7 Å². The van der Waals surface area contributed by atoms with E-state index in [1.54, 1.807) is 0 Å². The number of fused-ring (bicyclic) bond motifs is 1. The molecule has 1 aromatic heterocycles. The summed E-state index contributed by atoms with van der Waals surface area (Å²) in [5, 5.41) is 9.77. The maximum Gasteiger partial charge on any atom is 0.243 e. The average Bonchev–Trinajstić information content (AvgIpc) is 3.37. The molecule has 0 radical (unpaired) electrons. The minimum Gasteiger partial charge on any atom is -0.368 e. The minimum atomic E-state index is -0.812. The Morgan fingerprint density at radius 2 is 1.93 bits per heavy atom. The number of benzene rings is 1. The molecule has 0 spiro atoms. The van der Waals surface area contributed by atoms with Crippen LogP contribution in [0.15, 0.2) is 30.5 Å². The predicted octanol–water partition coefficient (Wildman–Crippen LogP) is 0.963. The molecule has 1 saturated heterocycles. The van der Waals surface area contributed by atoms with Gasteiger partial charge in [-0.25, -0.2) is 0 Å². The monoisotopic (exact) mass is 413 g/mol. The second-order valence-electron chi connectivity index (χ2n) is 8.37. The highest BCUT2D eigenvalue weighted by Gasteiger charge is 2.30. The molecule has 1 aromatic carbocycles. The van der Waals surface area contributed by atoms with E-state index in [1.165, 1.54) is 0 Å². The second-order valence-corrected chi connectivity index (χ2v) is 8.37. The lowest BCUT2D eigenvalue weighted by atomic mass is 10.0. The first-order valence-electron chi connectivity index (χ1n) is 10.5. The maximum atomic E-state index is 13.1. The van der Waals surface area contributed by atoms with Gasteiger partial charge in [0.05, 0.1) is 6.04 Å². The molecule has 162 valence electrons. The quantitative estimate of drug-likeness (QED) is 0.419. The molecule has 2 aromatic rings. The Bertz CT molecular complexity index is 901. The second kappa shape index (κ2) is 9.75. The fourth-order valence-electron chi connectivity index (χ4n) is 3.90. The van der Waals surface area contributed by atoms with Gasteiger partial charge in [-0.1, -0.05) is 32.0 Å². The Labute approximate surface area is 176 Å². The number of carbonyl (C=O) groups is 3. The van der Waals surface area contributed by atoms with Crippen molar-refractivity contribution >= 4 is 28.6 Å². The number of amides is 3. The van der Waals surface area contributed by atoms with Gasteiger partial charge in [-0.15, -0.1) is 0 Å². The summed E-state index contributed by atoms with van der Waals surface area (Å²) in [6, 6.07) is 5.91. The van der Waals surface area contributed by atoms with Crippen molar-refractivity contribution in [3.63, 3.8) is 0 Å². The van der Waals surface area contributed by atoms with Crippen LogP contribution in [0.5, 0.6) is 0 Å². The molecular weight excluding hydrogens is 382 g/mol. The number of nitrogens with one attached hydrogen (secondary N) is 4. The number of H-pyrrole nitrogens is 1. The van der Waals surface area contributed by atoms with Crippen LogP contribution in [0.25, 0.3) is 10.9 Å². The third kappa shape index (κ3) is 5.38. The highest BCUT2D eigenvalue weighted by Crippen LogP contribution is 2.19. The molecule has 8 heteroatoms. The summed E-state index contributed by atoms with van der Waals surface area (Å²) < 4.78 is 0. The molecule has 2 heterocycles. The van der Waals surface area contributed by atoms with Crippen molar-refractivity contribution in [1.82, 2.24) is 20.9 Å². The van der Waals surface area contributed by atoms with Gasteiger partial charge in [-0.3, -0.25) is 14.4 Å². The van der Waals surface area contributed by atoms with Crippen LogP contribution in [0.1, 0.15) is 38.7 Å².